The topological polar surface area (TPSA) is 21.3 Å². The van der Waals surface area contributed by atoms with Crippen LogP contribution < -0.4 is 10.5 Å². The summed E-state index contributed by atoms with van der Waals surface area (Å²) in [5, 5.41) is 4.97. The minimum Gasteiger partial charge on any atom is -0.407 e. The van der Waals surface area contributed by atoms with Crippen molar-refractivity contribution in [3.8, 4) is 0 Å². The Hall–Kier alpha value is -0.643. The fourth-order valence-electron chi connectivity index (χ4n) is 2.22. The molecular formula is C14H23NOSi. The van der Waals surface area contributed by atoms with E-state index in [1.54, 1.807) is 0 Å². The van der Waals surface area contributed by atoms with Gasteiger partial charge in [0.25, 0.3) is 0 Å². The van der Waals surface area contributed by atoms with Crippen molar-refractivity contribution in [2.24, 2.45) is 0 Å². The Labute approximate surface area is 106 Å². The van der Waals surface area contributed by atoms with Crippen LogP contribution in [0, 0.1) is 0 Å². The smallest absolute Gasteiger partial charge is 0.214 e. The molecule has 0 saturated carbocycles. The molecule has 1 aliphatic heterocycles. The molecule has 2 nitrogen and oxygen atoms in total. The zero-order valence-electron chi connectivity index (χ0n) is 11.3. The molecule has 0 amide bonds. The fourth-order valence-corrected chi connectivity index (χ4v) is 5.01. The predicted octanol–water partition coefficient (Wildman–Crippen LogP) is 1.80. The first kappa shape index (κ1) is 12.8. The van der Waals surface area contributed by atoms with Gasteiger partial charge in [0.2, 0.25) is 9.04 Å². The third-order valence-corrected chi connectivity index (χ3v) is 6.66. The number of rotatable bonds is 3. The van der Waals surface area contributed by atoms with Crippen molar-refractivity contribution >= 4 is 14.2 Å². The van der Waals surface area contributed by atoms with Gasteiger partial charge in [-0.1, -0.05) is 51.1 Å². The Bertz CT molecular complexity index is 368. The highest BCUT2D eigenvalue weighted by atomic mass is 28.3. The molecule has 1 N–H and O–H groups in total. The van der Waals surface area contributed by atoms with E-state index in [0.717, 1.165) is 13.1 Å². The van der Waals surface area contributed by atoms with Crippen LogP contribution >= 0.6 is 0 Å². The van der Waals surface area contributed by atoms with Crippen molar-refractivity contribution in [1.29, 1.82) is 0 Å². The van der Waals surface area contributed by atoms with E-state index >= 15 is 0 Å². The van der Waals surface area contributed by atoms with Gasteiger partial charge >= 0.3 is 0 Å². The van der Waals surface area contributed by atoms with Gasteiger partial charge in [-0.25, -0.2) is 0 Å². The summed E-state index contributed by atoms with van der Waals surface area (Å²) >= 11 is 0. The molecule has 1 fully saturated rings. The van der Waals surface area contributed by atoms with Crippen LogP contribution in [-0.2, 0) is 4.43 Å². The van der Waals surface area contributed by atoms with Gasteiger partial charge in [-0.05, 0) is 17.1 Å². The van der Waals surface area contributed by atoms with Crippen molar-refractivity contribution in [2.75, 3.05) is 13.1 Å². The van der Waals surface area contributed by atoms with Gasteiger partial charge in [-0.15, -0.1) is 0 Å². The molecule has 0 spiro atoms. The van der Waals surface area contributed by atoms with E-state index in [2.05, 4.69) is 63.3 Å². The van der Waals surface area contributed by atoms with Crippen LogP contribution in [0.3, 0.4) is 0 Å². The monoisotopic (exact) mass is 249 g/mol. The fraction of sp³-hybridized carbons (Fsp3) is 0.571. The van der Waals surface area contributed by atoms with Crippen LogP contribution in [0.1, 0.15) is 27.7 Å². The molecule has 1 unspecified atom stereocenters. The van der Waals surface area contributed by atoms with E-state index in [4.69, 9.17) is 4.43 Å². The lowest BCUT2D eigenvalue weighted by Gasteiger charge is -2.45. The first-order valence-corrected chi connectivity index (χ1v) is 7.97. The van der Waals surface area contributed by atoms with Gasteiger partial charge in [0, 0.05) is 13.1 Å². The lowest BCUT2D eigenvalue weighted by Crippen LogP contribution is -2.63. The molecule has 17 heavy (non-hydrogen) atoms. The molecule has 1 aliphatic rings. The molecule has 3 heteroatoms. The molecule has 2 rings (SSSR count). The first-order chi connectivity index (χ1) is 7.91. The Morgan fingerprint density at radius 1 is 1.18 bits per heavy atom. The van der Waals surface area contributed by atoms with Gasteiger partial charge in [0.1, 0.15) is 0 Å². The number of hydrogen-bond donors (Lipinski definition) is 1. The molecule has 0 bridgehead atoms. The average molecular weight is 249 g/mol. The lowest BCUT2D eigenvalue weighted by molar-refractivity contribution is 0.0300. The Kier molecular flexibility index (Phi) is 3.43. The largest absolute Gasteiger partial charge is 0.407 e. The normalized spacial score (nSPS) is 20.7. The van der Waals surface area contributed by atoms with Gasteiger partial charge in [-0.3, -0.25) is 0 Å². The van der Waals surface area contributed by atoms with Crippen LogP contribution in [0.15, 0.2) is 30.3 Å². The molecule has 1 heterocycles. The molecule has 1 atom stereocenters. The molecule has 0 aromatic heterocycles. The third kappa shape index (κ3) is 2.97. The Balaban J connectivity index is 2.20. The summed E-state index contributed by atoms with van der Waals surface area (Å²) < 4.78 is 6.50. The summed E-state index contributed by atoms with van der Waals surface area (Å²) in [6, 6.07) is 10.7. The van der Waals surface area contributed by atoms with E-state index in [1.807, 2.05) is 0 Å². The maximum atomic E-state index is 6.50. The van der Waals surface area contributed by atoms with Gasteiger partial charge < -0.3 is 9.74 Å². The van der Waals surface area contributed by atoms with Crippen LogP contribution in [0.5, 0.6) is 0 Å². The average Bonchev–Trinajstić information content (AvgIpc) is 2.23. The van der Waals surface area contributed by atoms with Crippen LogP contribution in [0.25, 0.3) is 0 Å². The quantitative estimate of drug-likeness (QED) is 0.825. The maximum absolute atomic E-state index is 6.50. The van der Waals surface area contributed by atoms with Crippen LogP contribution in [0.4, 0.5) is 0 Å². The Morgan fingerprint density at radius 3 is 2.18 bits per heavy atom. The molecule has 1 aromatic rings. The summed E-state index contributed by atoms with van der Waals surface area (Å²) in [7, 11) is -1.41. The van der Waals surface area contributed by atoms with E-state index in [9.17, 15) is 0 Å². The predicted molar refractivity (Wildman–Crippen MR) is 75.3 cm³/mol. The third-order valence-electron chi connectivity index (χ3n) is 3.29. The van der Waals surface area contributed by atoms with E-state index in [0.29, 0.717) is 0 Å². The van der Waals surface area contributed by atoms with E-state index < -0.39 is 9.04 Å². The van der Waals surface area contributed by atoms with Crippen molar-refractivity contribution in [3.05, 3.63) is 30.3 Å². The van der Waals surface area contributed by atoms with Gasteiger partial charge in [0.15, 0.2) is 0 Å². The van der Waals surface area contributed by atoms with Crippen molar-refractivity contribution in [2.45, 2.75) is 38.3 Å². The summed E-state index contributed by atoms with van der Waals surface area (Å²) in [4.78, 5) is 0. The standard InChI is InChI=1S/C14H23NOSi/c1-13(2,3)17(12-8-6-5-7-9-12)16-14(4)10-15-11-14/h5-9,15,17H,10-11H2,1-4H3. The van der Waals surface area contributed by atoms with Crippen LogP contribution in [-0.4, -0.2) is 27.7 Å². The molecule has 1 saturated heterocycles. The second kappa shape index (κ2) is 4.56. The minimum absolute atomic E-state index is 0.0556. The highest BCUT2D eigenvalue weighted by molar-refractivity contribution is 6.70. The molecule has 0 aliphatic carbocycles. The minimum atomic E-state index is -1.41. The summed E-state index contributed by atoms with van der Waals surface area (Å²) in [5.74, 6) is 0. The number of nitrogens with one attached hydrogen (secondary N) is 1. The zero-order valence-corrected chi connectivity index (χ0v) is 12.4. The maximum Gasteiger partial charge on any atom is 0.214 e. The summed E-state index contributed by atoms with van der Waals surface area (Å²) in [6.07, 6.45) is 0. The van der Waals surface area contributed by atoms with E-state index in [1.165, 1.54) is 5.19 Å². The highest BCUT2D eigenvalue weighted by Gasteiger charge is 2.40. The molecule has 94 valence electrons. The number of benzene rings is 1. The van der Waals surface area contributed by atoms with Gasteiger partial charge in [0.05, 0.1) is 5.60 Å². The van der Waals surface area contributed by atoms with E-state index in [-0.39, 0.29) is 10.6 Å². The number of hydrogen-bond acceptors (Lipinski definition) is 2. The summed E-state index contributed by atoms with van der Waals surface area (Å²) in [6.45, 7) is 11.1. The van der Waals surface area contributed by atoms with Crippen molar-refractivity contribution < 1.29 is 4.43 Å². The molecule has 0 radical (unpaired) electrons. The molecular weight excluding hydrogens is 226 g/mol. The summed E-state index contributed by atoms with van der Waals surface area (Å²) in [5.41, 5.74) is 0.0556. The second-order valence-electron chi connectivity index (χ2n) is 6.33. The molecule has 1 aromatic carbocycles. The SMILES string of the molecule is CC1(O[SiH](c2ccccc2)C(C)(C)C)CNC1. The zero-order chi connectivity index (χ0) is 12.5. The lowest BCUT2D eigenvalue weighted by atomic mass is 10.0. The first-order valence-electron chi connectivity index (χ1n) is 6.34. The Morgan fingerprint density at radius 2 is 1.76 bits per heavy atom. The van der Waals surface area contributed by atoms with Gasteiger partial charge in [-0.2, -0.15) is 0 Å². The van der Waals surface area contributed by atoms with Crippen LogP contribution in [0.2, 0.25) is 5.04 Å². The highest BCUT2D eigenvalue weighted by Crippen LogP contribution is 2.31. The second-order valence-corrected chi connectivity index (χ2v) is 9.72. The van der Waals surface area contributed by atoms with Crippen molar-refractivity contribution in [1.82, 2.24) is 5.32 Å². The van der Waals surface area contributed by atoms with Crippen molar-refractivity contribution in [3.63, 3.8) is 0 Å².